The summed E-state index contributed by atoms with van der Waals surface area (Å²) < 4.78 is 35.9. The molecular weight excluding hydrogens is 715 g/mol. The van der Waals surface area contributed by atoms with Crippen molar-refractivity contribution in [3.63, 3.8) is 0 Å². The summed E-state index contributed by atoms with van der Waals surface area (Å²) in [7, 11) is 1.55. The molecule has 2 aliphatic heterocycles. The second-order valence-corrected chi connectivity index (χ2v) is 15.3. The van der Waals surface area contributed by atoms with E-state index in [4.69, 9.17) is 103 Å². The van der Waals surface area contributed by atoms with E-state index in [2.05, 4.69) is 5.32 Å². The molecule has 2 fully saturated rings. The Morgan fingerprint density at radius 1 is 0.930 bits per heavy atom. The summed E-state index contributed by atoms with van der Waals surface area (Å²) in [5, 5.41) is 2.66. The predicted molar refractivity (Wildman–Crippen MR) is 163 cm³/mol. The first-order valence-corrected chi connectivity index (χ1v) is 15.6. The molecule has 0 aromatic heterocycles. The summed E-state index contributed by atoms with van der Waals surface area (Å²) in [6, 6.07) is 15.1. The van der Waals surface area contributed by atoms with Crippen molar-refractivity contribution in [2.45, 2.75) is 48.6 Å². The fraction of sp³-hybridized carbons (Fsp3) is 0.462. The molecule has 1 unspecified atom stereocenters. The number of halogens is 6. The van der Waals surface area contributed by atoms with Gasteiger partial charge in [0.25, 0.3) is 0 Å². The lowest BCUT2D eigenvalue weighted by molar-refractivity contribution is -0.307. The van der Waals surface area contributed by atoms with Crippen LogP contribution < -0.4 is 10.1 Å². The molecule has 0 aliphatic carbocycles. The van der Waals surface area contributed by atoms with E-state index in [1.54, 1.807) is 31.4 Å². The Bertz CT molecular complexity index is 1220. The van der Waals surface area contributed by atoms with E-state index in [-0.39, 0.29) is 6.61 Å². The fourth-order valence-corrected chi connectivity index (χ4v) is 5.62. The van der Waals surface area contributed by atoms with Gasteiger partial charge in [-0.25, -0.2) is 9.59 Å². The number of hydrogen-bond donors (Lipinski definition) is 1. The summed E-state index contributed by atoms with van der Waals surface area (Å²) in [6.45, 7) is -1.10. The third kappa shape index (κ3) is 10.7. The number of nitrogens with one attached hydrogen (secondary N) is 1. The van der Waals surface area contributed by atoms with E-state index in [0.717, 1.165) is 4.90 Å². The number of fused-ring (bicyclic) bond motifs is 1. The van der Waals surface area contributed by atoms with Crippen LogP contribution in [0.15, 0.2) is 59.5 Å². The van der Waals surface area contributed by atoms with Crippen LogP contribution in [-0.2, 0) is 28.4 Å². The second-order valence-electron chi connectivity index (χ2n) is 9.11. The Kier molecular flexibility index (Phi) is 12.4. The summed E-state index contributed by atoms with van der Waals surface area (Å²) >= 11 is 35.7. The SMILES string of the molecule is COc1ccc(C2OC[C@H]3O[C@@H](Sc4ccccc4)[C@H](NC(=O)OCC(Cl)(Cl)Cl)[C@@H](OC(=O)OCC(Cl)(Cl)Cl)[C@@H]3O2)cc1. The van der Waals surface area contributed by atoms with Crippen molar-refractivity contribution in [2.75, 3.05) is 26.9 Å². The van der Waals surface area contributed by atoms with Crippen molar-refractivity contribution >= 4 is 93.6 Å². The van der Waals surface area contributed by atoms with Crippen LogP contribution in [0.25, 0.3) is 0 Å². The summed E-state index contributed by atoms with van der Waals surface area (Å²) in [4.78, 5) is 26.5. The van der Waals surface area contributed by atoms with Crippen molar-refractivity contribution in [1.29, 1.82) is 0 Å². The monoisotopic (exact) mass is 737 g/mol. The van der Waals surface area contributed by atoms with Gasteiger partial charge in [-0.05, 0) is 24.3 Å². The minimum absolute atomic E-state index is 0.0563. The molecule has 6 atom stereocenters. The molecule has 236 valence electrons. The lowest BCUT2D eigenvalue weighted by Crippen LogP contribution is -2.66. The Balaban J connectivity index is 1.63. The number of thioether (sulfide) groups is 1. The zero-order chi connectivity index (χ0) is 31.2. The molecule has 1 amide bonds. The number of amides is 1. The third-order valence-corrected chi connectivity index (χ3v) is 7.80. The highest BCUT2D eigenvalue weighted by molar-refractivity contribution is 7.99. The highest BCUT2D eigenvalue weighted by Gasteiger charge is 2.53. The highest BCUT2D eigenvalue weighted by atomic mass is 35.6. The maximum absolute atomic E-state index is 12.9. The van der Waals surface area contributed by atoms with E-state index in [9.17, 15) is 9.59 Å². The van der Waals surface area contributed by atoms with Crippen LogP contribution >= 0.6 is 81.4 Å². The number of alkyl halides is 6. The predicted octanol–water partition coefficient (Wildman–Crippen LogP) is 6.98. The highest BCUT2D eigenvalue weighted by Crippen LogP contribution is 2.40. The van der Waals surface area contributed by atoms with Crippen molar-refractivity contribution in [3.05, 3.63) is 60.2 Å². The van der Waals surface area contributed by atoms with Crippen molar-refractivity contribution in [2.24, 2.45) is 0 Å². The van der Waals surface area contributed by atoms with Crippen molar-refractivity contribution in [1.82, 2.24) is 5.32 Å². The molecule has 0 bridgehead atoms. The maximum Gasteiger partial charge on any atom is 0.508 e. The number of carbonyl (C=O) groups excluding carboxylic acids is 2. The molecule has 2 aromatic carbocycles. The number of ether oxygens (including phenoxy) is 7. The van der Waals surface area contributed by atoms with Gasteiger partial charge in [0.05, 0.1) is 13.7 Å². The van der Waals surface area contributed by atoms with Crippen LogP contribution in [0, 0.1) is 0 Å². The molecule has 43 heavy (non-hydrogen) atoms. The number of hydrogen-bond acceptors (Lipinski definition) is 10. The molecule has 1 N–H and O–H groups in total. The minimum atomic E-state index is -1.89. The molecule has 10 nitrogen and oxygen atoms in total. The van der Waals surface area contributed by atoms with Crippen LogP contribution in [0.1, 0.15) is 11.9 Å². The van der Waals surface area contributed by atoms with E-state index < -0.39 is 69.1 Å². The molecule has 17 heteroatoms. The van der Waals surface area contributed by atoms with E-state index in [0.29, 0.717) is 11.3 Å². The molecule has 2 heterocycles. The van der Waals surface area contributed by atoms with Crippen LogP contribution in [0.5, 0.6) is 5.75 Å². The first kappa shape index (κ1) is 34.6. The van der Waals surface area contributed by atoms with Crippen LogP contribution in [0.3, 0.4) is 0 Å². The number of alkyl carbamates (subject to hydrolysis) is 1. The molecular formula is C26H25Cl6NO9S. The van der Waals surface area contributed by atoms with Gasteiger partial charge in [-0.15, -0.1) is 0 Å². The van der Waals surface area contributed by atoms with Gasteiger partial charge in [0.1, 0.15) is 42.6 Å². The van der Waals surface area contributed by atoms with Crippen LogP contribution in [-0.4, -0.2) is 76.6 Å². The van der Waals surface area contributed by atoms with Crippen molar-refractivity contribution in [3.8, 4) is 5.75 Å². The zero-order valence-corrected chi connectivity index (χ0v) is 27.5. The van der Waals surface area contributed by atoms with Gasteiger partial charge in [-0.1, -0.05) is 112 Å². The van der Waals surface area contributed by atoms with Crippen molar-refractivity contribution < 1.29 is 42.7 Å². The number of carbonyl (C=O) groups is 2. The molecule has 2 aromatic rings. The normalized spacial score (nSPS) is 25.7. The molecule has 0 spiro atoms. The van der Waals surface area contributed by atoms with Gasteiger partial charge in [0.15, 0.2) is 12.4 Å². The average molecular weight is 740 g/mol. The van der Waals surface area contributed by atoms with Gasteiger partial charge < -0.3 is 38.5 Å². The lowest BCUT2D eigenvalue weighted by Gasteiger charge is -2.48. The number of benzene rings is 2. The van der Waals surface area contributed by atoms with Gasteiger partial charge in [0.2, 0.25) is 7.59 Å². The van der Waals surface area contributed by atoms with Gasteiger partial charge >= 0.3 is 12.2 Å². The number of methoxy groups -OCH3 is 1. The zero-order valence-electron chi connectivity index (χ0n) is 22.1. The van der Waals surface area contributed by atoms with E-state index >= 15 is 0 Å². The standard InChI is InChI=1S/C26H25Cl6NO9S/c1-36-15-9-7-14(8-10-15)21-37-11-17-19(41-21)20(42-24(35)39-13-26(30,31)32)18(33-23(34)38-12-25(27,28)29)22(40-17)43-16-5-3-2-4-6-16/h2-10,17-22H,11-13H2,1H3,(H,33,34)/t17-,18-,19-,20-,21?,22+/m1/s1. The maximum atomic E-state index is 12.9. The van der Waals surface area contributed by atoms with Crippen LogP contribution in [0.4, 0.5) is 9.59 Å². The summed E-state index contributed by atoms with van der Waals surface area (Å²) in [5.74, 6) is 0.634. The topological polar surface area (TPSA) is 111 Å². The molecule has 0 radical (unpaired) electrons. The number of rotatable bonds is 8. The quantitative estimate of drug-likeness (QED) is 0.225. The Labute approximate surface area is 281 Å². The third-order valence-electron chi connectivity index (χ3n) is 5.96. The van der Waals surface area contributed by atoms with E-state index in [1.165, 1.54) is 11.8 Å². The summed E-state index contributed by atoms with van der Waals surface area (Å²) in [6.07, 6.45) is -5.96. The lowest BCUT2D eigenvalue weighted by atomic mass is 9.96. The average Bonchev–Trinajstić information content (AvgIpc) is 2.96. The Hall–Kier alpha value is -1.25. The first-order valence-electron chi connectivity index (χ1n) is 12.5. The molecule has 2 aliphatic rings. The molecule has 0 saturated carbocycles. The van der Waals surface area contributed by atoms with Gasteiger partial charge in [-0.3, -0.25) is 0 Å². The molecule has 2 saturated heterocycles. The Morgan fingerprint density at radius 3 is 2.21 bits per heavy atom. The van der Waals surface area contributed by atoms with E-state index in [1.807, 2.05) is 30.3 Å². The summed E-state index contributed by atoms with van der Waals surface area (Å²) in [5.41, 5.74) is -0.191. The fourth-order valence-electron chi connectivity index (χ4n) is 4.14. The second kappa shape index (κ2) is 15.4. The van der Waals surface area contributed by atoms with Gasteiger partial charge in [-0.2, -0.15) is 0 Å². The van der Waals surface area contributed by atoms with Gasteiger partial charge in [0, 0.05) is 10.5 Å². The van der Waals surface area contributed by atoms with Crippen LogP contribution in [0.2, 0.25) is 0 Å². The smallest absolute Gasteiger partial charge is 0.497 e. The molecule has 4 rings (SSSR count). The Morgan fingerprint density at radius 2 is 1.58 bits per heavy atom. The minimum Gasteiger partial charge on any atom is -0.497 e. The largest absolute Gasteiger partial charge is 0.508 e. The first-order chi connectivity index (χ1) is 20.3.